The van der Waals surface area contributed by atoms with Crippen molar-refractivity contribution >= 4 is 11.8 Å². The lowest BCUT2D eigenvalue weighted by atomic mass is 10.2. The maximum absolute atomic E-state index is 11.8. The summed E-state index contributed by atoms with van der Waals surface area (Å²) in [5.41, 5.74) is 1.17. The topological polar surface area (TPSA) is 21.3 Å². The molecule has 6 heteroatoms. The van der Waals surface area contributed by atoms with E-state index < -0.39 is 6.36 Å². The van der Waals surface area contributed by atoms with Crippen molar-refractivity contribution in [1.82, 2.24) is 5.32 Å². The van der Waals surface area contributed by atoms with Gasteiger partial charge in [-0.3, -0.25) is 4.74 Å². The maximum atomic E-state index is 11.8. The minimum absolute atomic E-state index is 0.282. The molecule has 0 unspecified atom stereocenters. The molecule has 0 aliphatic carbocycles. The zero-order chi connectivity index (χ0) is 15.0. The number of hydrogen-bond donors (Lipinski definition) is 1. The molecule has 0 amide bonds. The van der Waals surface area contributed by atoms with Gasteiger partial charge in [-0.2, -0.15) is 0 Å². The normalized spacial score (nSPS) is 12.1. The van der Waals surface area contributed by atoms with E-state index in [1.807, 2.05) is 24.3 Å². The first-order valence-corrected chi connectivity index (χ1v) is 7.48. The summed E-state index contributed by atoms with van der Waals surface area (Å²) < 4.78 is 39.0. The van der Waals surface area contributed by atoms with Gasteiger partial charge in [-0.25, -0.2) is 0 Å². The van der Waals surface area contributed by atoms with Crippen LogP contribution in [0, 0.1) is 5.92 Å². The Balaban J connectivity index is 2.25. The molecule has 0 saturated heterocycles. The average Bonchev–Trinajstić information content (AvgIpc) is 2.35. The van der Waals surface area contributed by atoms with E-state index in [9.17, 15) is 13.2 Å². The van der Waals surface area contributed by atoms with Gasteiger partial charge in [0.05, 0.1) is 6.61 Å². The predicted octanol–water partition coefficient (Wildman–Crippen LogP) is 4.06. The van der Waals surface area contributed by atoms with Crippen molar-refractivity contribution in [3.63, 3.8) is 0 Å². The van der Waals surface area contributed by atoms with E-state index in [2.05, 4.69) is 23.9 Å². The molecule has 1 N–H and O–H groups in total. The van der Waals surface area contributed by atoms with Crippen molar-refractivity contribution in [1.29, 1.82) is 0 Å². The lowest BCUT2D eigenvalue weighted by Crippen LogP contribution is -2.18. The van der Waals surface area contributed by atoms with Gasteiger partial charge in [-0.05, 0) is 30.2 Å². The first kappa shape index (κ1) is 17.3. The molecular weight excluding hydrogens is 287 g/mol. The smallest absolute Gasteiger partial charge is 0.312 e. The molecule has 1 rings (SSSR count). The van der Waals surface area contributed by atoms with Crippen LogP contribution in [0.4, 0.5) is 13.2 Å². The second kappa shape index (κ2) is 8.54. The third kappa shape index (κ3) is 8.45. The van der Waals surface area contributed by atoms with Crippen LogP contribution in [0.2, 0.25) is 0 Å². The van der Waals surface area contributed by atoms with E-state index in [0.717, 1.165) is 18.0 Å². The number of nitrogens with one attached hydrogen (secondary N) is 1. The van der Waals surface area contributed by atoms with Gasteiger partial charge < -0.3 is 5.32 Å². The molecule has 0 heterocycles. The molecule has 0 radical (unpaired) electrons. The highest BCUT2D eigenvalue weighted by Crippen LogP contribution is 2.21. The minimum atomic E-state index is -4.54. The lowest BCUT2D eigenvalue weighted by molar-refractivity contribution is -0.322. The molecule has 2 nitrogen and oxygen atoms in total. The third-order valence-corrected chi connectivity index (χ3v) is 3.40. The number of ether oxygens (including phenoxy) is 1. The highest BCUT2D eigenvalue weighted by atomic mass is 32.2. The first-order chi connectivity index (χ1) is 9.37. The van der Waals surface area contributed by atoms with Crippen molar-refractivity contribution < 1.29 is 17.9 Å². The van der Waals surface area contributed by atoms with Gasteiger partial charge in [-0.15, -0.1) is 24.9 Å². The summed E-state index contributed by atoms with van der Waals surface area (Å²) in [5.74, 6) is 0.892. The number of rotatable bonds is 8. The van der Waals surface area contributed by atoms with Crippen LogP contribution >= 0.6 is 11.8 Å². The highest BCUT2D eigenvalue weighted by Gasteiger charge is 2.28. The molecule has 0 aliphatic heterocycles. The fourth-order valence-electron chi connectivity index (χ4n) is 1.53. The number of halogens is 3. The Bertz CT molecular complexity index is 379. The maximum Gasteiger partial charge on any atom is 0.522 e. The minimum Gasteiger partial charge on any atom is -0.312 e. The van der Waals surface area contributed by atoms with Gasteiger partial charge in [0, 0.05) is 17.2 Å². The second-order valence-electron chi connectivity index (χ2n) is 4.81. The van der Waals surface area contributed by atoms with E-state index in [1.165, 1.54) is 17.3 Å². The van der Waals surface area contributed by atoms with Crippen LogP contribution in [0.15, 0.2) is 29.2 Å². The number of alkyl halides is 3. The van der Waals surface area contributed by atoms with Gasteiger partial charge in [-0.1, -0.05) is 26.0 Å². The van der Waals surface area contributed by atoms with E-state index in [0.29, 0.717) is 5.92 Å². The van der Waals surface area contributed by atoms with Gasteiger partial charge in [0.15, 0.2) is 0 Å². The lowest BCUT2D eigenvalue weighted by Gasteiger charge is -2.09. The number of thioether (sulfide) groups is 1. The molecule has 0 aliphatic rings. The molecule has 0 fully saturated rings. The quantitative estimate of drug-likeness (QED) is 0.578. The van der Waals surface area contributed by atoms with E-state index in [4.69, 9.17) is 0 Å². The van der Waals surface area contributed by atoms with Crippen molar-refractivity contribution in [2.24, 2.45) is 5.92 Å². The molecule has 0 atom stereocenters. The van der Waals surface area contributed by atoms with Crippen molar-refractivity contribution in [3.05, 3.63) is 29.8 Å². The third-order valence-electron chi connectivity index (χ3n) is 2.42. The molecule has 114 valence electrons. The van der Waals surface area contributed by atoms with E-state index >= 15 is 0 Å². The summed E-state index contributed by atoms with van der Waals surface area (Å²) in [4.78, 5) is 0.948. The van der Waals surface area contributed by atoms with Crippen LogP contribution in [0.25, 0.3) is 0 Å². The van der Waals surface area contributed by atoms with Crippen LogP contribution in [0.3, 0.4) is 0 Å². The fourth-order valence-corrected chi connectivity index (χ4v) is 2.26. The van der Waals surface area contributed by atoms with Crippen LogP contribution < -0.4 is 5.32 Å². The fraction of sp³-hybridized carbons (Fsp3) is 0.571. The van der Waals surface area contributed by atoms with Crippen LogP contribution in [0.1, 0.15) is 19.4 Å². The zero-order valence-electron chi connectivity index (χ0n) is 11.7. The number of benzene rings is 1. The molecule has 0 saturated carbocycles. The Morgan fingerprint density at radius 2 is 1.85 bits per heavy atom. The molecule has 0 spiro atoms. The Morgan fingerprint density at radius 3 is 2.40 bits per heavy atom. The van der Waals surface area contributed by atoms with Gasteiger partial charge >= 0.3 is 6.36 Å². The van der Waals surface area contributed by atoms with Crippen LogP contribution in [-0.4, -0.2) is 25.3 Å². The largest absolute Gasteiger partial charge is 0.522 e. The molecule has 0 bridgehead atoms. The Morgan fingerprint density at radius 1 is 1.20 bits per heavy atom. The first-order valence-electron chi connectivity index (χ1n) is 6.50. The summed E-state index contributed by atoms with van der Waals surface area (Å²) in [7, 11) is 0. The van der Waals surface area contributed by atoms with Gasteiger partial charge in [0.1, 0.15) is 0 Å². The average molecular weight is 307 g/mol. The summed E-state index contributed by atoms with van der Waals surface area (Å²) in [5, 5.41) is 3.34. The summed E-state index contributed by atoms with van der Waals surface area (Å²) >= 11 is 1.35. The second-order valence-corrected chi connectivity index (χ2v) is 5.98. The SMILES string of the molecule is CC(C)CNCc1ccc(SCCOC(F)(F)F)cc1. The Hall–Kier alpha value is -0.720. The molecule has 1 aromatic carbocycles. The van der Waals surface area contributed by atoms with Gasteiger partial charge in [0.2, 0.25) is 0 Å². The summed E-state index contributed by atoms with van der Waals surface area (Å²) in [6, 6.07) is 7.82. The summed E-state index contributed by atoms with van der Waals surface area (Å²) in [6.07, 6.45) is -4.54. The van der Waals surface area contributed by atoms with E-state index in [-0.39, 0.29) is 12.4 Å². The molecular formula is C14H20F3NOS. The van der Waals surface area contributed by atoms with Crippen molar-refractivity contribution in [2.45, 2.75) is 31.7 Å². The predicted molar refractivity (Wildman–Crippen MR) is 75.7 cm³/mol. The van der Waals surface area contributed by atoms with Crippen LogP contribution in [-0.2, 0) is 11.3 Å². The molecule has 20 heavy (non-hydrogen) atoms. The van der Waals surface area contributed by atoms with Gasteiger partial charge in [0.25, 0.3) is 0 Å². The Labute approximate surface area is 122 Å². The number of hydrogen-bond acceptors (Lipinski definition) is 3. The van der Waals surface area contributed by atoms with Crippen molar-refractivity contribution in [3.8, 4) is 0 Å². The molecule has 1 aromatic rings. The standard InChI is InChI=1S/C14H20F3NOS/c1-11(2)9-18-10-12-3-5-13(6-4-12)20-8-7-19-14(15,16)17/h3-6,11,18H,7-10H2,1-2H3. The van der Waals surface area contributed by atoms with Crippen LogP contribution in [0.5, 0.6) is 0 Å². The Kier molecular flexibility index (Phi) is 7.40. The summed E-state index contributed by atoms with van der Waals surface area (Å²) in [6.45, 7) is 5.74. The highest BCUT2D eigenvalue weighted by molar-refractivity contribution is 7.99. The zero-order valence-corrected chi connectivity index (χ0v) is 12.5. The van der Waals surface area contributed by atoms with E-state index in [1.54, 1.807) is 0 Å². The molecule has 0 aromatic heterocycles. The monoisotopic (exact) mass is 307 g/mol. The van der Waals surface area contributed by atoms with Crippen molar-refractivity contribution in [2.75, 3.05) is 18.9 Å².